The van der Waals surface area contributed by atoms with E-state index in [1.165, 1.54) is 0 Å². The SMILES string of the molecule is COc1cc2c(cc1N1CCOCC1)CC(Cc1ccc(Cl)c(C)c1)C2=O. The molecule has 1 unspecified atom stereocenters. The van der Waals surface area contributed by atoms with Gasteiger partial charge in [-0.2, -0.15) is 0 Å². The Morgan fingerprint density at radius 2 is 2.00 bits per heavy atom. The van der Waals surface area contributed by atoms with Crippen molar-refractivity contribution in [3.8, 4) is 5.75 Å². The normalized spacial score (nSPS) is 19.3. The topological polar surface area (TPSA) is 38.8 Å². The monoisotopic (exact) mass is 385 g/mol. The Balaban J connectivity index is 1.60. The lowest BCUT2D eigenvalue weighted by molar-refractivity contribution is 0.0936. The molecule has 5 heteroatoms. The van der Waals surface area contributed by atoms with Crippen LogP contribution < -0.4 is 9.64 Å². The Labute approximate surface area is 165 Å². The molecule has 1 fully saturated rings. The van der Waals surface area contributed by atoms with Crippen LogP contribution in [0.1, 0.15) is 27.0 Å². The van der Waals surface area contributed by atoms with Crippen molar-refractivity contribution in [2.75, 3.05) is 38.3 Å². The van der Waals surface area contributed by atoms with Crippen LogP contribution in [0.5, 0.6) is 5.75 Å². The van der Waals surface area contributed by atoms with E-state index < -0.39 is 0 Å². The summed E-state index contributed by atoms with van der Waals surface area (Å²) in [4.78, 5) is 15.3. The number of methoxy groups -OCH3 is 1. The molecule has 4 nitrogen and oxygen atoms in total. The summed E-state index contributed by atoms with van der Waals surface area (Å²) in [6, 6.07) is 10.1. The fraction of sp³-hybridized carbons (Fsp3) is 0.409. The largest absolute Gasteiger partial charge is 0.495 e. The molecule has 27 heavy (non-hydrogen) atoms. The van der Waals surface area contributed by atoms with E-state index in [-0.39, 0.29) is 11.7 Å². The molecule has 0 aromatic heterocycles. The second kappa shape index (κ2) is 7.53. The van der Waals surface area contributed by atoms with Crippen molar-refractivity contribution in [1.82, 2.24) is 0 Å². The number of benzene rings is 2. The highest BCUT2D eigenvalue weighted by Gasteiger charge is 2.32. The van der Waals surface area contributed by atoms with Gasteiger partial charge in [-0.15, -0.1) is 0 Å². The van der Waals surface area contributed by atoms with E-state index in [0.29, 0.717) is 0 Å². The number of halogens is 1. The van der Waals surface area contributed by atoms with Crippen LogP contribution in [0.3, 0.4) is 0 Å². The van der Waals surface area contributed by atoms with Crippen molar-refractivity contribution < 1.29 is 14.3 Å². The summed E-state index contributed by atoms with van der Waals surface area (Å²) >= 11 is 6.13. The van der Waals surface area contributed by atoms with Crippen LogP contribution in [0.15, 0.2) is 30.3 Å². The molecular formula is C22H24ClNO3. The Morgan fingerprint density at radius 1 is 1.22 bits per heavy atom. The van der Waals surface area contributed by atoms with Gasteiger partial charge in [0.2, 0.25) is 0 Å². The molecule has 0 bridgehead atoms. The summed E-state index contributed by atoms with van der Waals surface area (Å²) in [5, 5.41) is 0.764. The molecule has 0 amide bonds. The molecule has 0 N–H and O–H groups in total. The van der Waals surface area contributed by atoms with Gasteiger partial charge in [-0.1, -0.05) is 23.7 Å². The van der Waals surface area contributed by atoms with Crippen molar-refractivity contribution in [3.05, 3.63) is 57.6 Å². The van der Waals surface area contributed by atoms with E-state index in [0.717, 1.165) is 77.9 Å². The van der Waals surface area contributed by atoms with Gasteiger partial charge in [0.1, 0.15) is 5.75 Å². The third-order valence-electron chi connectivity index (χ3n) is 5.56. The van der Waals surface area contributed by atoms with Crippen molar-refractivity contribution in [2.45, 2.75) is 19.8 Å². The zero-order valence-electron chi connectivity index (χ0n) is 15.8. The molecule has 2 aliphatic rings. The summed E-state index contributed by atoms with van der Waals surface area (Å²) < 4.78 is 11.1. The van der Waals surface area contributed by atoms with Crippen LogP contribution in [-0.2, 0) is 17.6 Å². The van der Waals surface area contributed by atoms with Crippen LogP contribution in [0.25, 0.3) is 0 Å². The summed E-state index contributed by atoms with van der Waals surface area (Å²) in [6.45, 7) is 5.12. The molecular weight excluding hydrogens is 362 g/mol. The van der Waals surface area contributed by atoms with Crippen LogP contribution >= 0.6 is 11.6 Å². The molecule has 2 aromatic rings. The maximum absolute atomic E-state index is 13.0. The van der Waals surface area contributed by atoms with Crippen molar-refractivity contribution in [2.24, 2.45) is 5.92 Å². The Hall–Kier alpha value is -2.04. The highest BCUT2D eigenvalue weighted by Crippen LogP contribution is 2.38. The number of carbonyl (C=O) groups is 1. The molecule has 0 spiro atoms. The average molecular weight is 386 g/mol. The first-order chi connectivity index (χ1) is 13.1. The third kappa shape index (κ3) is 3.56. The summed E-state index contributed by atoms with van der Waals surface area (Å²) in [6.07, 6.45) is 1.51. The van der Waals surface area contributed by atoms with E-state index >= 15 is 0 Å². The number of hydrogen-bond donors (Lipinski definition) is 0. The van der Waals surface area contributed by atoms with Gasteiger partial charge >= 0.3 is 0 Å². The standard InChI is InChI=1S/C22H24ClNO3/c1-14-9-15(3-4-19(14)23)10-17-11-16-12-20(24-5-7-27-8-6-24)21(26-2)13-18(16)22(17)25/h3-4,9,12-13,17H,5-8,10-11H2,1-2H3. The smallest absolute Gasteiger partial charge is 0.167 e. The maximum atomic E-state index is 13.0. The number of nitrogens with zero attached hydrogens (tertiary/aromatic N) is 1. The fourth-order valence-corrected chi connectivity index (χ4v) is 4.20. The third-order valence-corrected chi connectivity index (χ3v) is 5.99. The predicted octanol–water partition coefficient (Wildman–Crippen LogP) is 4.09. The molecule has 0 saturated carbocycles. The van der Waals surface area contributed by atoms with Crippen LogP contribution in [0.2, 0.25) is 5.02 Å². The van der Waals surface area contributed by atoms with Gasteiger partial charge in [-0.3, -0.25) is 4.79 Å². The molecule has 1 aliphatic heterocycles. The first-order valence-electron chi connectivity index (χ1n) is 9.39. The molecule has 0 radical (unpaired) electrons. The number of morpholine rings is 1. The van der Waals surface area contributed by atoms with E-state index in [4.69, 9.17) is 21.1 Å². The van der Waals surface area contributed by atoms with Crippen LogP contribution in [0, 0.1) is 12.8 Å². The highest BCUT2D eigenvalue weighted by atomic mass is 35.5. The summed E-state index contributed by atoms with van der Waals surface area (Å²) in [7, 11) is 1.67. The van der Waals surface area contributed by atoms with E-state index in [1.807, 2.05) is 25.1 Å². The number of carbonyl (C=O) groups excluding carboxylic acids is 1. The number of aryl methyl sites for hydroxylation is 1. The lowest BCUT2D eigenvalue weighted by Gasteiger charge is -2.30. The minimum atomic E-state index is -0.0229. The molecule has 2 aromatic carbocycles. The molecule has 142 valence electrons. The van der Waals surface area contributed by atoms with Gasteiger partial charge in [0.05, 0.1) is 26.0 Å². The van der Waals surface area contributed by atoms with Crippen molar-refractivity contribution in [1.29, 1.82) is 0 Å². The zero-order valence-corrected chi connectivity index (χ0v) is 16.5. The van der Waals surface area contributed by atoms with Gasteiger partial charge in [-0.25, -0.2) is 0 Å². The number of Topliss-reactive ketones (excluding diaryl/α,β-unsaturated/α-hetero) is 1. The lowest BCUT2D eigenvalue weighted by Crippen LogP contribution is -2.36. The van der Waals surface area contributed by atoms with Gasteiger partial charge in [-0.05, 0) is 54.7 Å². The maximum Gasteiger partial charge on any atom is 0.167 e. The highest BCUT2D eigenvalue weighted by molar-refractivity contribution is 6.31. The van der Waals surface area contributed by atoms with Gasteiger partial charge in [0.15, 0.2) is 5.78 Å². The lowest BCUT2D eigenvalue weighted by atomic mass is 9.95. The molecule has 1 aliphatic carbocycles. The summed E-state index contributed by atoms with van der Waals surface area (Å²) in [5.74, 6) is 0.960. The molecule has 1 heterocycles. The Kier molecular flexibility index (Phi) is 5.11. The van der Waals surface area contributed by atoms with Gasteiger partial charge in [0.25, 0.3) is 0 Å². The average Bonchev–Trinajstić information content (AvgIpc) is 2.99. The van der Waals surface area contributed by atoms with Crippen molar-refractivity contribution in [3.63, 3.8) is 0 Å². The second-order valence-corrected chi connectivity index (χ2v) is 7.74. The molecule has 4 rings (SSSR count). The number of rotatable bonds is 4. The van der Waals surface area contributed by atoms with Gasteiger partial charge < -0.3 is 14.4 Å². The Morgan fingerprint density at radius 3 is 2.70 bits per heavy atom. The quantitative estimate of drug-likeness (QED) is 0.794. The number of anilines is 1. The number of hydrogen-bond acceptors (Lipinski definition) is 4. The Bertz CT molecular complexity index is 874. The second-order valence-electron chi connectivity index (χ2n) is 7.33. The first-order valence-corrected chi connectivity index (χ1v) is 9.77. The minimum Gasteiger partial charge on any atom is -0.495 e. The van der Waals surface area contributed by atoms with Gasteiger partial charge in [0, 0.05) is 29.6 Å². The van der Waals surface area contributed by atoms with Crippen molar-refractivity contribution >= 4 is 23.1 Å². The molecule has 1 saturated heterocycles. The van der Waals surface area contributed by atoms with Crippen LogP contribution in [0.4, 0.5) is 5.69 Å². The van der Waals surface area contributed by atoms with E-state index in [2.05, 4.69) is 17.0 Å². The number of ketones is 1. The fourth-order valence-electron chi connectivity index (χ4n) is 4.09. The number of ether oxygens (including phenoxy) is 2. The van der Waals surface area contributed by atoms with Crippen LogP contribution in [-0.4, -0.2) is 39.2 Å². The molecule has 1 atom stereocenters. The first kappa shape index (κ1) is 18.3. The number of fused-ring (bicyclic) bond motifs is 1. The minimum absolute atomic E-state index is 0.0229. The summed E-state index contributed by atoms with van der Waals surface area (Å²) in [5.41, 5.74) is 5.20. The predicted molar refractivity (Wildman–Crippen MR) is 107 cm³/mol. The van der Waals surface area contributed by atoms with E-state index in [9.17, 15) is 4.79 Å². The zero-order chi connectivity index (χ0) is 19.0. The van der Waals surface area contributed by atoms with E-state index in [1.54, 1.807) is 7.11 Å².